The molecule has 0 N–H and O–H groups in total. The van der Waals surface area contributed by atoms with E-state index in [2.05, 4.69) is 45.2 Å². The molecule has 136 valence electrons. The Morgan fingerprint density at radius 1 is 1.12 bits per heavy atom. The number of carbonyl (C=O) groups is 1. The van der Waals surface area contributed by atoms with Crippen molar-refractivity contribution in [2.45, 2.75) is 44.3 Å². The average molecular weight is 350 g/mol. The molecule has 4 fully saturated rings. The van der Waals surface area contributed by atoms with Crippen LogP contribution in [0.2, 0.25) is 0 Å². The second-order valence-corrected chi connectivity index (χ2v) is 8.05. The van der Waals surface area contributed by atoms with Gasteiger partial charge in [-0.2, -0.15) is 5.10 Å². The zero-order valence-electron chi connectivity index (χ0n) is 15.3. The molecule has 1 aromatic carbocycles. The largest absolute Gasteiger partial charge is 0.336 e. The third-order valence-corrected chi connectivity index (χ3v) is 6.76. The first-order chi connectivity index (χ1) is 12.7. The molecule has 6 rings (SSSR count). The Balaban J connectivity index is 1.46. The van der Waals surface area contributed by atoms with E-state index in [-0.39, 0.29) is 5.91 Å². The molecule has 0 radical (unpaired) electrons. The van der Waals surface area contributed by atoms with E-state index in [0.29, 0.717) is 30.5 Å². The van der Waals surface area contributed by atoms with Crippen LogP contribution in [0.1, 0.15) is 30.0 Å². The van der Waals surface area contributed by atoms with Gasteiger partial charge in [0.2, 0.25) is 5.91 Å². The molecule has 0 saturated carbocycles. The minimum Gasteiger partial charge on any atom is -0.336 e. The van der Waals surface area contributed by atoms with Crippen molar-refractivity contribution in [3.63, 3.8) is 0 Å². The normalized spacial score (nSPS) is 32.7. The SMILES string of the molecule is Cc1ccnn1CC(=O)N1C[C@@H](c2ccccc2)[C@@H]2[C@H]1C1CCN2CC1. The summed E-state index contributed by atoms with van der Waals surface area (Å²) >= 11 is 0. The molecule has 1 amide bonds. The highest BCUT2D eigenvalue weighted by Gasteiger charge is 2.54. The van der Waals surface area contributed by atoms with Gasteiger partial charge >= 0.3 is 0 Å². The Hall–Kier alpha value is -2.14. The van der Waals surface area contributed by atoms with E-state index in [4.69, 9.17) is 0 Å². The maximum atomic E-state index is 13.2. The van der Waals surface area contributed by atoms with Gasteiger partial charge in [0.05, 0.1) is 6.04 Å². The number of hydrogen-bond donors (Lipinski definition) is 0. The van der Waals surface area contributed by atoms with Crippen molar-refractivity contribution in [2.75, 3.05) is 19.6 Å². The Bertz CT molecular complexity index is 793. The summed E-state index contributed by atoms with van der Waals surface area (Å²) in [5, 5.41) is 4.32. The van der Waals surface area contributed by atoms with Gasteiger partial charge in [-0.15, -0.1) is 0 Å². The topological polar surface area (TPSA) is 41.4 Å². The predicted molar refractivity (Wildman–Crippen MR) is 99.7 cm³/mol. The third kappa shape index (κ3) is 2.49. The molecule has 5 heterocycles. The summed E-state index contributed by atoms with van der Waals surface area (Å²) in [5.41, 5.74) is 2.42. The van der Waals surface area contributed by atoms with E-state index in [0.717, 1.165) is 12.2 Å². The van der Waals surface area contributed by atoms with Gasteiger partial charge in [-0.1, -0.05) is 30.3 Å². The highest BCUT2D eigenvalue weighted by atomic mass is 16.2. The van der Waals surface area contributed by atoms with E-state index < -0.39 is 0 Å². The van der Waals surface area contributed by atoms with Crippen molar-refractivity contribution in [2.24, 2.45) is 5.92 Å². The van der Waals surface area contributed by atoms with Gasteiger partial charge in [-0.3, -0.25) is 14.4 Å². The average Bonchev–Trinajstić information content (AvgIpc) is 3.29. The number of fused-ring (bicyclic) bond motifs is 2. The monoisotopic (exact) mass is 350 g/mol. The lowest BCUT2D eigenvalue weighted by Crippen LogP contribution is -2.61. The second-order valence-electron chi connectivity index (χ2n) is 8.05. The molecule has 2 aromatic rings. The molecular weight excluding hydrogens is 324 g/mol. The lowest BCUT2D eigenvalue weighted by atomic mass is 9.75. The van der Waals surface area contributed by atoms with Crippen molar-refractivity contribution < 1.29 is 4.79 Å². The van der Waals surface area contributed by atoms with Crippen molar-refractivity contribution in [3.8, 4) is 0 Å². The standard InChI is InChI=1S/C21H26N4O/c1-15-7-10-22-25(15)14-19(26)24-13-18(16-5-3-2-4-6-16)21-20(24)17-8-11-23(21)12-9-17/h2-7,10,17-18,20-21H,8-9,11-14H2,1H3/t18-,20+,21+/m0/s1. The zero-order chi connectivity index (χ0) is 17.7. The summed E-state index contributed by atoms with van der Waals surface area (Å²) < 4.78 is 1.83. The van der Waals surface area contributed by atoms with Crippen LogP contribution in [0.3, 0.4) is 0 Å². The number of benzene rings is 1. The zero-order valence-corrected chi connectivity index (χ0v) is 15.3. The molecule has 0 spiro atoms. The summed E-state index contributed by atoms with van der Waals surface area (Å²) in [7, 11) is 0. The van der Waals surface area contributed by atoms with Gasteiger partial charge in [0, 0.05) is 30.4 Å². The van der Waals surface area contributed by atoms with Gasteiger partial charge in [0.15, 0.2) is 0 Å². The fourth-order valence-corrected chi connectivity index (χ4v) is 5.48. The molecule has 4 aliphatic rings. The van der Waals surface area contributed by atoms with E-state index >= 15 is 0 Å². The van der Waals surface area contributed by atoms with Crippen LogP contribution < -0.4 is 0 Å². The third-order valence-electron chi connectivity index (χ3n) is 6.76. The van der Waals surface area contributed by atoms with E-state index in [9.17, 15) is 4.79 Å². The highest BCUT2D eigenvalue weighted by molar-refractivity contribution is 5.77. The minimum atomic E-state index is 0.221. The van der Waals surface area contributed by atoms with Crippen LogP contribution in [0, 0.1) is 12.8 Å². The smallest absolute Gasteiger partial charge is 0.244 e. The van der Waals surface area contributed by atoms with Gasteiger partial charge in [-0.05, 0) is 50.4 Å². The Labute approximate surface area is 154 Å². The molecule has 0 aliphatic carbocycles. The number of aromatic nitrogens is 2. The Kier molecular flexibility index (Phi) is 3.85. The number of carbonyl (C=O) groups excluding carboxylic acids is 1. The van der Waals surface area contributed by atoms with Crippen LogP contribution >= 0.6 is 0 Å². The molecule has 3 atom stereocenters. The number of piperidine rings is 3. The first-order valence-electron chi connectivity index (χ1n) is 9.79. The molecule has 5 nitrogen and oxygen atoms in total. The van der Waals surface area contributed by atoms with Gasteiger partial charge in [0.25, 0.3) is 0 Å². The van der Waals surface area contributed by atoms with Crippen molar-refractivity contribution >= 4 is 5.91 Å². The Morgan fingerprint density at radius 3 is 2.58 bits per heavy atom. The fraction of sp³-hybridized carbons (Fsp3) is 0.524. The van der Waals surface area contributed by atoms with Crippen LogP contribution in [-0.4, -0.2) is 57.2 Å². The summed E-state index contributed by atoms with van der Waals surface area (Å²) in [5.74, 6) is 1.30. The van der Waals surface area contributed by atoms with Crippen molar-refractivity contribution in [1.82, 2.24) is 19.6 Å². The van der Waals surface area contributed by atoms with E-state index in [1.165, 1.54) is 31.5 Å². The number of aryl methyl sites for hydroxylation is 1. The summed E-state index contributed by atoms with van der Waals surface area (Å²) in [6, 6.07) is 13.6. The van der Waals surface area contributed by atoms with E-state index in [1.54, 1.807) is 6.20 Å². The van der Waals surface area contributed by atoms with Gasteiger partial charge in [-0.25, -0.2) is 0 Å². The first-order valence-corrected chi connectivity index (χ1v) is 9.79. The van der Waals surface area contributed by atoms with Crippen LogP contribution in [0.25, 0.3) is 0 Å². The minimum absolute atomic E-state index is 0.221. The number of hydrogen-bond acceptors (Lipinski definition) is 3. The number of nitrogens with zero attached hydrogens (tertiary/aromatic N) is 4. The van der Waals surface area contributed by atoms with Crippen LogP contribution in [0.4, 0.5) is 0 Å². The fourth-order valence-electron chi connectivity index (χ4n) is 5.48. The molecule has 4 aliphatic heterocycles. The van der Waals surface area contributed by atoms with Crippen LogP contribution in [0.15, 0.2) is 42.6 Å². The van der Waals surface area contributed by atoms with Gasteiger partial charge in [0.1, 0.15) is 6.54 Å². The maximum absolute atomic E-state index is 13.2. The summed E-state index contributed by atoms with van der Waals surface area (Å²) in [6.07, 6.45) is 4.23. The number of amides is 1. The second kappa shape index (κ2) is 6.23. The maximum Gasteiger partial charge on any atom is 0.244 e. The first kappa shape index (κ1) is 16.1. The number of rotatable bonds is 3. The summed E-state index contributed by atoms with van der Waals surface area (Å²) in [6.45, 7) is 5.58. The quantitative estimate of drug-likeness (QED) is 0.853. The molecule has 26 heavy (non-hydrogen) atoms. The molecule has 0 unspecified atom stereocenters. The van der Waals surface area contributed by atoms with Crippen molar-refractivity contribution in [1.29, 1.82) is 0 Å². The van der Waals surface area contributed by atoms with Crippen LogP contribution in [0.5, 0.6) is 0 Å². The molecule has 1 aromatic heterocycles. The molecule has 4 saturated heterocycles. The molecular formula is C21H26N4O. The molecule has 2 bridgehead atoms. The molecule has 5 heteroatoms. The highest BCUT2D eigenvalue weighted by Crippen LogP contribution is 2.46. The van der Waals surface area contributed by atoms with E-state index in [1.807, 2.05) is 17.7 Å². The van der Waals surface area contributed by atoms with Crippen LogP contribution in [-0.2, 0) is 11.3 Å². The predicted octanol–water partition coefficient (Wildman–Crippen LogP) is 2.28. The lowest BCUT2D eigenvalue weighted by molar-refractivity contribution is -0.136. The van der Waals surface area contributed by atoms with Crippen molar-refractivity contribution in [3.05, 3.63) is 53.9 Å². The summed E-state index contributed by atoms with van der Waals surface area (Å²) in [4.78, 5) is 18.1. The lowest BCUT2D eigenvalue weighted by Gasteiger charge is -2.51. The number of likely N-dealkylation sites (tertiary alicyclic amines) is 1. The Morgan fingerprint density at radius 2 is 1.88 bits per heavy atom. The van der Waals surface area contributed by atoms with Gasteiger partial charge < -0.3 is 4.90 Å².